The van der Waals surface area contributed by atoms with E-state index in [2.05, 4.69) is 51.7 Å². The van der Waals surface area contributed by atoms with Crippen LogP contribution in [0.1, 0.15) is 31.4 Å². The highest BCUT2D eigenvalue weighted by Crippen LogP contribution is 2.27. The van der Waals surface area contributed by atoms with Gasteiger partial charge in [-0.15, -0.1) is 0 Å². The van der Waals surface area contributed by atoms with E-state index in [1.807, 2.05) is 0 Å². The molecular weight excluding hydrogens is 298 g/mol. The van der Waals surface area contributed by atoms with Gasteiger partial charge >= 0.3 is 0 Å². The molecule has 0 aliphatic carbocycles. The average molecular weight is 327 g/mol. The van der Waals surface area contributed by atoms with Gasteiger partial charge in [0.05, 0.1) is 5.60 Å². The number of likely N-dealkylation sites (tertiary alicyclic amines) is 2. The Morgan fingerprint density at radius 2 is 1.83 bits per heavy atom. The Labute approximate surface area is 144 Å². The summed E-state index contributed by atoms with van der Waals surface area (Å²) in [6.07, 6.45) is 4.82. The Hall–Kier alpha value is -1.36. The maximum atomic E-state index is 11.0. The molecule has 130 valence electrons. The van der Waals surface area contributed by atoms with Crippen molar-refractivity contribution >= 4 is 10.9 Å². The molecule has 0 saturated carbocycles. The Balaban J connectivity index is 1.41. The van der Waals surface area contributed by atoms with Crippen molar-refractivity contribution in [2.45, 2.75) is 37.8 Å². The van der Waals surface area contributed by atoms with Crippen LogP contribution in [-0.2, 0) is 13.6 Å². The molecule has 2 aromatic rings. The van der Waals surface area contributed by atoms with Crippen LogP contribution in [0.5, 0.6) is 0 Å². The summed E-state index contributed by atoms with van der Waals surface area (Å²) in [4.78, 5) is 4.88. The van der Waals surface area contributed by atoms with Crippen LogP contribution >= 0.6 is 0 Å². The second kappa shape index (κ2) is 6.51. The number of hydrogen-bond donors (Lipinski definition) is 1. The molecule has 0 radical (unpaired) electrons. The van der Waals surface area contributed by atoms with Crippen molar-refractivity contribution in [2.24, 2.45) is 7.05 Å². The fourth-order valence-corrected chi connectivity index (χ4v) is 4.47. The largest absolute Gasteiger partial charge is 0.387 e. The van der Waals surface area contributed by atoms with Crippen LogP contribution in [0.3, 0.4) is 0 Å². The lowest BCUT2D eigenvalue weighted by atomic mass is 10.0. The second-order valence-electron chi connectivity index (χ2n) is 7.78. The number of aliphatic hydroxyl groups is 1. The van der Waals surface area contributed by atoms with Gasteiger partial charge in [-0.1, -0.05) is 24.6 Å². The van der Waals surface area contributed by atoms with Gasteiger partial charge in [0.2, 0.25) is 0 Å². The topological polar surface area (TPSA) is 31.6 Å². The van der Waals surface area contributed by atoms with Gasteiger partial charge in [0.15, 0.2) is 0 Å². The van der Waals surface area contributed by atoms with Gasteiger partial charge in [0, 0.05) is 44.4 Å². The van der Waals surface area contributed by atoms with Crippen molar-refractivity contribution in [3.63, 3.8) is 0 Å². The number of fused-ring (bicyclic) bond motifs is 1. The lowest BCUT2D eigenvalue weighted by Crippen LogP contribution is -2.46. The molecule has 0 bridgehead atoms. The van der Waals surface area contributed by atoms with Gasteiger partial charge in [0.1, 0.15) is 0 Å². The average Bonchev–Trinajstić information content (AvgIpc) is 3.10. The van der Waals surface area contributed by atoms with E-state index >= 15 is 0 Å². The molecule has 1 N–H and O–H groups in total. The highest BCUT2D eigenvalue weighted by molar-refractivity contribution is 5.81. The molecular formula is C20H29N3O. The fourth-order valence-electron chi connectivity index (χ4n) is 4.47. The van der Waals surface area contributed by atoms with Crippen LogP contribution in [0.4, 0.5) is 0 Å². The molecule has 1 aromatic heterocycles. The third kappa shape index (κ3) is 3.23. The normalized spacial score (nSPS) is 26.4. The molecule has 2 fully saturated rings. The number of β-amino-alcohol motifs (C(OH)–C–C–N with tert-alkyl or cyclic N) is 1. The minimum atomic E-state index is -0.526. The summed E-state index contributed by atoms with van der Waals surface area (Å²) in [5.74, 6) is 0. The summed E-state index contributed by atoms with van der Waals surface area (Å²) in [5, 5.41) is 12.3. The van der Waals surface area contributed by atoms with Crippen molar-refractivity contribution in [3.8, 4) is 0 Å². The molecule has 2 aliphatic rings. The molecule has 4 heteroatoms. The van der Waals surface area contributed by atoms with E-state index in [0.29, 0.717) is 0 Å². The van der Waals surface area contributed by atoms with Gasteiger partial charge in [0.25, 0.3) is 0 Å². The standard InChI is InChI=1S/C20H29N3O/c1-21-18(13-17-7-3-4-8-19(17)21)14-23-12-9-20(24,16-23)15-22-10-5-2-6-11-22/h3-4,7-8,13,24H,2,5-6,9-12,14-16H2,1H3. The van der Waals surface area contributed by atoms with E-state index < -0.39 is 5.60 Å². The van der Waals surface area contributed by atoms with Crippen molar-refractivity contribution in [3.05, 3.63) is 36.0 Å². The van der Waals surface area contributed by atoms with Crippen LogP contribution in [-0.4, -0.2) is 57.8 Å². The first kappa shape index (κ1) is 16.1. The Morgan fingerprint density at radius 3 is 2.62 bits per heavy atom. The SMILES string of the molecule is Cn1c(CN2CCC(O)(CN3CCCCC3)C2)cc2ccccc21. The molecule has 0 amide bonds. The van der Waals surface area contributed by atoms with Crippen molar-refractivity contribution in [1.29, 1.82) is 0 Å². The number of piperidine rings is 1. The lowest BCUT2D eigenvalue weighted by Gasteiger charge is -2.33. The Morgan fingerprint density at radius 1 is 1.04 bits per heavy atom. The van der Waals surface area contributed by atoms with Crippen molar-refractivity contribution < 1.29 is 5.11 Å². The van der Waals surface area contributed by atoms with E-state index in [4.69, 9.17) is 0 Å². The van der Waals surface area contributed by atoms with Crippen molar-refractivity contribution in [2.75, 3.05) is 32.7 Å². The van der Waals surface area contributed by atoms with Crippen LogP contribution in [0.2, 0.25) is 0 Å². The molecule has 24 heavy (non-hydrogen) atoms. The third-order valence-corrected chi connectivity index (χ3v) is 5.81. The minimum absolute atomic E-state index is 0.526. The Kier molecular flexibility index (Phi) is 4.37. The lowest BCUT2D eigenvalue weighted by molar-refractivity contribution is 0.00623. The second-order valence-corrected chi connectivity index (χ2v) is 7.78. The molecule has 2 saturated heterocycles. The number of nitrogens with zero attached hydrogens (tertiary/aromatic N) is 3. The number of para-hydroxylation sites is 1. The molecule has 1 atom stereocenters. The quantitative estimate of drug-likeness (QED) is 0.937. The molecule has 4 nitrogen and oxygen atoms in total. The van der Waals surface area contributed by atoms with Crippen LogP contribution in [0.25, 0.3) is 10.9 Å². The maximum absolute atomic E-state index is 11.0. The minimum Gasteiger partial charge on any atom is -0.387 e. The number of hydrogen-bond acceptors (Lipinski definition) is 3. The molecule has 2 aliphatic heterocycles. The predicted molar refractivity (Wildman–Crippen MR) is 98.1 cm³/mol. The maximum Gasteiger partial charge on any atom is 0.0912 e. The van der Waals surface area contributed by atoms with Crippen molar-refractivity contribution in [1.82, 2.24) is 14.4 Å². The van der Waals surface area contributed by atoms with E-state index in [0.717, 1.165) is 45.7 Å². The Bertz CT molecular complexity index is 704. The van der Waals surface area contributed by atoms with Gasteiger partial charge in [-0.3, -0.25) is 4.90 Å². The molecule has 0 spiro atoms. The molecule has 4 rings (SSSR count). The van der Waals surface area contributed by atoms with Gasteiger partial charge in [-0.2, -0.15) is 0 Å². The summed E-state index contributed by atoms with van der Waals surface area (Å²) >= 11 is 0. The summed E-state index contributed by atoms with van der Waals surface area (Å²) in [6, 6.07) is 10.8. The number of aromatic nitrogens is 1. The van der Waals surface area contributed by atoms with Crippen LogP contribution < -0.4 is 0 Å². The summed E-state index contributed by atoms with van der Waals surface area (Å²) < 4.78 is 2.29. The van der Waals surface area contributed by atoms with E-state index in [1.165, 1.54) is 35.9 Å². The third-order valence-electron chi connectivity index (χ3n) is 5.81. The summed E-state index contributed by atoms with van der Waals surface area (Å²) in [5.41, 5.74) is 2.09. The molecule has 1 aromatic carbocycles. The number of aryl methyl sites for hydroxylation is 1. The summed E-state index contributed by atoms with van der Waals surface area (Å²) in [6.45, 7) is 5.88. The highest BCUT2D eigenvalue weighted by atomic mass is 16.3. The van der Waals surface area contributed by atoms with Crippen LogP contribution in [0, 0.1) is 0 Å². The summed E-state index contributed by atoms with van der Waals surface area (Å²) in [7, 11) is 2.15. The zero-order valence-corrected chi connectivity index (χ0v) is 14.7. The number of benzene rings is 1. The molecule has 3 heterocycles. The zero-order valence-electron chi connectivity index (χ0n) is 14.7. The van der Waals surface area contributed by atoms with Gasteiger partial charge in [-0.05, 0) is 49.9 Å². The number of rotatable bonds is 4. The first-order valence-electron chi connectivity index (χ1n) is 9.33. The first-order chi connectivity index (χ1) is 11.6. The van der Waals surface area contributed by atoms with E-state index in [1.54, 1.807) is 0 Å². The molecule has 1 unspecified atom stereocenters. The fraction of sp³-hybridized carbons (Fsp3) is 0.600. The smallest absolute Gasteiger partial charge is 0.0912 e. The monoisotopic (exact) mass is 327 g/mol. The van der Waals surface area contributed by atoms with Crippen LogP contribution in [0.15, 0.2) is 30.3 Å². The zero-order chi connectivity index (χ0) is 16.6. The predicted octanol–water partition coefficient (Wildman–Crippen LogP) is 2.60. The highest BCUT2D eigenvalue weighted by Gasteiger charge is 2.37. The first-order valence-corrected chi connectivity index (χ1v) is 9.33. The van der Waals surface area contributed by atoms with Gasteiger partial charge < -0.3 is 14.6 Å². The van der Waals surface area contributed by atoms with Gasteiger partial charge in [-0.25, -0.2) is 0 Å². The van der Waals surface area contributed by atoms with E-state index in [9.17, 15) is 5.11 Å². The van der Waals surface area contributed by atoms with E-state index in [-0.39, 0.29) is 0 Å².